The van der Waals surface area contributed by atoms with Crippen LogP contribution in [0.1, 0.15) is 10.6 Å². The number of nitrogens with one attached hydrogen (secondary N) is 3. The number of amides is 1. The van der Waals surface area contributed by atoms with E-state index < -0.39 is 17.4 Å². The maximum absolute atomic E-state index is 12.5. The summed E-state index contributed by atoms with van der Waals surface area (Å²) in [4.78, 5) is 45.3. The number of thiazole rings is 1. The Morgan fingerprint density at radius 2 is 1.93 bits per heavy atom. The molecule has 0 radical (unpaired) electrons. The van der Waals surface area contributed by atoms with E-state index in [9.17, 15) is 14.4 Å². The molecule has 5 aromatic rings. The van der Waals surface area contributed by atoms with E-state index in [1.807, 2.05) is 6.07 Å². The quantitative estimate of drug-likeness (QED) is 0.408. The Morgan fingerprint density at radius 3 is 2.77 bits per heavy atom. The van der Waals surface area contributed by atoms with Gasteiger partial charge in [-0.3, -0.25) is 20.1 Å². The van der Waals surface area contributed by atoms with Crippen LogP contribution in [0, 0.1) is 0 Å². The number of H-pyrrole nitrogens is 2. The fraction of sp³-hybridized carbons (Fsp3) is 0. The number of carbonyl (C=O) groups is 1. The number of benzene rings is 2. The van der Waals surface area contributed by atoms with Crippen LogP contribution < -0.4 is 16.8 Å². The van der Waals surface area contributed by atoms with E-state index in [4.69, 9.17) is 4.42 Å². The van der Waals surface area contributed by atoms with Crippen LogP contribution in [0.2, 0.25) is 0 Å². The first-order valence-electron chi connectivity index (χ1n) is 8.72. The van der Waals surface area contributed by atoms with Gasteiger partial charge in [0.2, 0.25) is 5.82 Å². The number of aromatic amines is 2. The molecule has 0 unspecified atom stereocenters. The molecule has 0 aliphatic carbocycles. The summed E-state index contributed by atoms with van der Waals surface area (Å²) in [5.41, 5.74) is 2.35. The van der Waals surface area contributed by atoms with Crippen LogP contribution >= 0.6 is 11.3 Å². The molecule has 1 amide bonds. The number of fused-ring (bicyclic) bond motifs is 1. The van der Waals surface area contributed by atoms with E-state index in [0.717, 1.165) is 10.2 Å². The van der Waals surface area contributed by atoms with Crippen molar-refractivity contribution < 1.29 is 9.21 Å². The zero-order valence-electron chi connectivity index (χ0n) is 15.1. The van der Waals surface area contributed by atoms with E-state index in [0.29, 0.717) is 27.6 Å². The van der Waals surface area contributed by atoms with Gasteiger partial charge in [0.05, 0.1) is 16.9 Å². The highest BCUT2D eigenvalue weighted by Crippen LogP contribution is 2.27. The van der Waals surface area contributed by atoms with Crippen LogP contribution in [0.15, 0.2) is 67.9 Å². The van der Waals surface area contributed by atoms with E-state index in [1.54, 1.807) is 47.8 Å². The van der Waals surface area contributed by atoms with Gasteiger partial charge in [0.1, 0.15) is 0 Å². The second kappa shape index (κ2) is 6.97. The Balaban J connectivity index is 1.38. The Bertz CT molecular complexity index is 1490. The Morgan fingerprint density at radius 1 is 1.10 bits per heavy atom. The summed E-state index contributed by atoms with van der Waals surface area (Å²) in [5, 5.41) is 8.76. The van der Waals surface area contributed by atoms with Crippen LogP contribution in [0.5, 0.6) is 0 Å². The number of oxazole rings is 1. The lowest BCUT2D eigenvalue weighted by atomic mass is 10.1. The molecule has 148 valence electrons. The zero-order valence-corrected chi connectivity index (χ0v) is 15.9. The van der Waals surface area contributed by atoms with Crippen molar-refractivity contribution in [2.75, 3.05) is 5.32 Å². The van der Waals surface area contributed by atoms with E-state index in [2.05, 4.69) is 25.4 Å². The first kappa shape index (κ1) is 17.8. The molecule has 0 fully saturated rings. The van der Waals surface area contributed by atoms with Crippen molar-refractivity contribution >= 4 is 33.5 Å². The topological polar surface area (TPSA) is 139 Å². The van der Waals surface area contributed by atoms with Crippen molar-refractivity contribution in [1.29, 1.82) is 0 Å². The standard InChI is InChI=1S/C19H12N6O4S/c26-16(15-22-18(27)25(24-15)11-4-2-1-3-5-11)23-17-20-13(9-30-17)10-6-7-12-14(8-10)29-19(28)21-12/h1-9H,(H,21,28)(H,20,23,26)(H,22,24,27). The lowest BCUT2D eigenvalue weighted by Crippen LogP contribution is -2.15. The van der Waals surface area contributed by atoms with Gasteiger partial charge in [-0.15, -0.1) is 16.4 Å². The SMILES string of the molecule is O=C(Nc1nc(-c2ccc3[nH]c(=O)oc3c2)cs1)c1nn(-c2ccccc2)c(=O)[nH]1. The van der Waals surface area contributed by atoms with Crippen LogP contribution in [0.4, 0.5) is 5.13 Å². The van der Waals surface area contributed by atoms with Crippen molar-refractivity contribution in [3.63, 3.8) is 0 Å². The minimum atomic E-state index is -0.588. The molecule has 0 aliphatic heterocycles. The molecule has 0 atom stereocenters. The maximum Gasteiger partial charge on any atom is 0.417 e. The van der Waals surface area contributed by atoms with Gasteiger partial charge in [0.25, 0.3) is 5.91 Å². The molecule has 0 saturated heterocycles. The van der Waals surface area contributed by atoms with Gasteiger partial charge in [-0.1, -0.05) is 24.3 Å². The Labute approximate surface area is 170 Å². The first-order chi connectivity index (χ1) is 14.6. The monoisotopic (exact) mass is 420 g/mol. The highest BCUT2D eigenvalue weighted by Gasteiger charge is 2.16. The number of anilines is 1. The van der Waals surface area contributed by atoms with Gasteiger partial charge < -0.3 is 4.42 Å². The fourth-order valence-corrected chi connectivity index (χ4v) is 3.61. The van der Waals surface area contributed by atoms with Gasteiger partial charge in [0, 0.05) is 10.9 Å². The van der Waals surface area contributed by atoms with E-state index in [1.165, 1.54) is 11.3 Å². The summed E-state index contributed by atoms with van der Waals surface area (Å²) in [6.07, 6.45) is 0. The molecular weight excluding hydrogens is 408 g/mol. The summed E-state index contributed by atoms with van der Waals surface area (Å²) in [5.74, 6) is -1.25. The fourth-order valence-electron chi connectivity index (χ4n) is 2.90. The van der Waals surface area contributed by atoms with Crippen LogP contribution in [0.25, 0.3) is 28.0 Å². The van der Waals surface area contributed by atoms with Crippen molar-refractivity contribution in [2.24, 2.45) is 0 Å². The summed E-state index contributed by atoms with van der Waals surface area (Å²) < 4.78 is 6.17. The van der Waals surface area contributed by atoms with Gasteiger partial charge in [-0.25, -0.2) is 14.6 Å². The average Bonchev–Trinajstić information content (AvgIpc) is 3.45. The molecule has 2 aromatic carbocycles. The smallest absolute Gasteiger partial charge is 0.408 e. The van der Waals surface area contributed by atoms with Crippen molar-refractivity contribution in [2.45, 2.75) is 0 Å². The summed E-state index contributed by atoms with van der Waals surface area (Å²) in [6.45, 7) is 0. The molecule has 3 heterocycles. The highest BCUT2D eigenvalue weighted by atomic mass is 32.1. The van der Waals surface area contributed by atoms with E-state index >= 15 is 0 Å². The second-order valence-corrected chi connectivity index (χ2v) is 7.10. The number of para-hydroxylation sites is 1. The first-order valence-corrected chi connectivity index (χ1v) is 9.60. The zero-order chi connectivity index (χ0) is 20.7. The molecular formula is C19H12N6O4S. The number of aromatic nitrogens is 5. The minimum Gasteiger partial charge on any atom is -0.408 e. The summed E-state index contributed by atoms with van der Waals surface area (Å²) >= 11 is 1.22. The molecule has 10 nitrogen and oxygen atoms in total. The van der Waals surface area contributed by atoms with Crippen LogP contribution in [0.3, 0.4) is 0 Å². The van der Waals surface area contributed by atoms with Gasteiger partial charge >= 0.3 is 11.4 Å². The molecule has 0 saturated carbocycles. The molecule has 11 heteroatoms. The third-order valence-corrected chi connectivity index (χ3v) is 5.03. The lowest BCUT2D eigenvalue weighted by Gasteiger charge is -1.99. The number of hydrogen-bond donors (Lipinski definition) is 3. The molecule has 0 aliphatic rings. The molecule has 3 N–H and O–H groups in total. The molecule has 30 heavy (non-hydrogen) atoms. The maximum atomic E-state index is 12.5. The normalized spacial score (nSPS) is 11.1. The molecule has 3 aromatic heterocycles. The average molecular weight is 420 g/mol. The molecule has 5 rings (SSSR count). The predicted molar refractivity (Wildman–Crippen MR) is 110 cm³/mol. The van der Waals surface area contributed by atoms with Crippen molar-refractivity contribution in [3.05, 3.63) is 80.8 Å². The van der Waals surface area contributed by atoms with E-state index in [-0.39, 0.29) is 5.82 Å². The van der Waals surface area contributed by atoms with Crippen molar-refractivity contribution in [1.82, 2.24) is 24.7 Å². The van der Waals surface area contributed by atoms with Crippen LogP contribution in [-0.2, 0) is 0 Å². The number of hydrogen-bond acceptors (Lipinski definition) is 7. The van der Waals surface area contributed by atoms with Gasteiger partial charge in [-0.05, 0) is 24.3 Å². The molecule has 0 bridgehead atoms. The van der Waals surface area contributed by atoms with Gasteiger partial charge in [0.15, 0.2) is 10.7 Å². The summed E-state index contributed by atoms with van der Waals surface area (Å²) in [6, 6.07) is 14.0. The Hall–Kier alpha value is -4.25. The number of rotatable bonds is 4. The third-order valence-electron chi connectivity index (χ3n) is 4.27. The van der Waals surface area contributed by atoms with Crippen LogP contribution in [-0.4, -0.2) is 30.6 Å². The summed E-state index contributed by atoms with van der Waals surface area (Å²) in [7, 11) is 0. The minimum absolute atomic E-state index is 0.129. The highest BCUT2D eigenvalue weighted by molar-refractivity contribution is 7.14. The third kappa shape index (κ3) is 3.22. The largest absolute Gasteiger partial charge is 0.417 e. The second-order valence-electron chi connectivity index (χ2n) is 6.24. The lowest BCUT2D eigenvalue weighted by molar-refractivity contribution is 0.101. The predicted octanol–water partition coefficient (Wildman–Crippen LogP) is 2.37. The number of carbonyl (C=O) groups excluding carboxylic acids is 1. The molecule has 0 spiro atoms. The van der Waals surface area contributed by atoms with Gasteiger partial charge in [-0.2, -0.15) is 4.68 Å². The van der Waals surface area contributed by atoms with Crippen molar-refractivity contribution in [3.8, 4) is 16.9 Å². The number of nitrogens with zero attached hydrogens (tertiary/aromatic N) is 3. The Kier molecular flexibility index (Phi) is 4.14.